The highest BCUT2D eigenvalue weighted by molar-refractivity contribution is 5.77. The number of hydrogen-bond donors (Lipinski definition) is 1. The molecule has 1 heterocycles. The summed E-state index contributed by atoms with van der Waals surface area (Å²) in [6, 6.07) is 7.12. The number of nitrogens with one attached hydrogen (secondary N) is 1. The lowest BCUT2D eigenvalue weighted by molar-refractivity contribution is -0.143. The molecule has 0 radical (unpaired) electrons. The fraction of sp³-hybridized carbons (Fsp3) is 0.458. The van der Waals surface area contributed by atoms with Crippen molar-refractivity contribution in [3.63, 3.8) is 0 Å². The largest absolute Gasteiger partial charge is 0.416 e. The van der Waals surface area contributed by atoms with E-state index in [9.17, 15) is 35.5 Å². The fourth-order valence-electron chi connectivity index (χ4n) is 4.31. The molecule has 2 aromatic carbocycles. The van der Waals surface area contributed by atoms with E-state index in [0.717, 1.165) is 29.8 Å². The van der Waals surface area contributed by atoms with Gasteiger partial charge in [0.15, 0.2) is 0 Å². The topological polar surface area (TPSA) is 32.3 Å². The van der Waals surface area contributed by atoms with Crippen molar-refractivity contribution in [3.8, 4) is 0 Å². The van der Waals surface area contributed by atoms with Crippen LogP contribution >= 0.6 is 0 Å². The van der Waals surface area contributed by atoms with Crippen molar-refractivity contribution < 1.29 is 35.5 Å². The number of nitrogens with zero attached hydrogens (tertiary/aromatic N) is 1. The second-order valence-corrected chi connectivity index (χ2v) is 8.63. The monoisotopic (exact) mass is 490 g/mol. The Morgan fingerprint density at radius 1 is 1.03 bits per heavy atom. The lowest BCUT2D eigenvalue weighted by Crippen LogP contribution is -2.36. The van der Waals surface area contributed by atoms with Crippen LogP contribution in [0.25, 0.3) is 0 Å². The van der Waals surface area contributed by atoms with Gasteiger partial charge in [-0.15, -0.1) is 0 Å². The second kappa shape index (κ2) is 10.3. The normalized spacial score (nSPS) is 17.9. The summed E-state index contributed by atoms with van der Waals surface area (Å²) in [5.41, 5.74) is -2.35. The molecular weight excluding hydrogens is 465 g/mol. The van der Waals surface area contributed by atoms with Crippen LogP contribution in [0.1, 0.15) is 47.4 Å². The van der Waals surface area contributed by atoms with Gasteiger partial charge in [-0.1, -0.05) is 12.1 Å². The van der Waals surface area contributed by atoms with Crippen LogP contribution in [-0.4, -0.2) is 30.9 Å². The molecule has 0 aromatic heterocycles. The van der Waals surface area contributed by atoms with Gasteiger partial charge in [0.2, 0.25) is 5.91 Å². The van der Waals surface area contributed by atoms with E-state index in [4.69, 9.17) is 0 Å². The number of hydrogen-bond acceptors (Lipinski definition) is 2. The molecule has 186 valence electrons. The molecule has 1 saturated heterocycles. The van der Waals surface area contributed by atoms with Gasteiger partial charge in [-0.05, 0) is 79.2 Å². The minimum absolute atomic E-state index is 0.000428. The molecule has 1 fully saturated rings. The van der Waals surface area contributed by atoms with Crippen molar-refractivity contribution >= 4 is 5.91 Å². The third-order valence-corrected chi connectivity index (χ3v) is 6.09. The van der Waals surface area contributed by atoms with Crippen LogP contribution in [0, 0.1) is 11.7 Å². The van der Waals surface area contributed by atoms with Gasteiger partial charge in [0.05, 0.1) is 11.1 Å². The number of alkyl halides is 6. The summed E-state index contributed by atoms with van der Waals surface area (Å²) >= 11 is 0. The lowest BCUT2D eigenvalue weighted by Gasteiger charge is -2.32. The van der Waals surface area contributed by atoms with E-state index < -0.39 is 41.7 Å². The molecule has 2 aromatic rings. The number of carbonyl (C=O) groups excluding carboxylic acids is 1. The van der Waals surface area contributed by atoms with E-state index in [1.54, 1.807) is 12.1 Å². The summed E-state index contributed by atoms with van der Waals surface area (Å²) in [6.07, 6.45) is -8.18. The van der Waals surface area contributed by atoms with E-state index >= 15 is 0 Å². The highest BCUT2D eigenvalue weighted by Gasteiger charge is 2.37. The summed E-state index contributed by atoms with van der Waals surface area (Å²) in [5, 5.41) is 3.27. The van der Waals surface area contributed by atoms with E-state index in [0.29, 0.717) is 18.7 Å². The average molecular weight is 490 g/mol. The molecule has 3 nitrogen and oxygen atoms in total. The van der Waals surface area contributed by atoms with Gasteiger partial charge in [0, 0.05) is 20.0 Å². The Morgan fingerprint density at radius 2 is 1.62 bits per heavy atom. The van der Waals surface area contributed by atoms with Crippen molar-refractivity contribution in [2.24, 2.45) is 5.92 Å². The Balaban J connectivity index is 1.81. The number of rotatable bonds is 6. The Hall–Kier alpha value is -2.62. The van der Waals surface area contributed by atoms with E-state index in [2.05, 4.69) is 5.32 Å². The highest BCUT2D eigenvalue weighted by Crippen LogP contribution is 2.37. The first-order chi connectivity index (χ1) is 15.8. The molecule has 1 aliphatic rings. The van der Waals surface area contributed by atoms with Gasteiger partial charge in [-0.25, -0.2) is 4.39 Å². The molecule has 0 aliphatic carbocycles. The van der Waals surface area contributed by atoms with E-state index in [1.807, 2.05) is 0 Å². The Bertz CT molecular complexity index is 948. The Morgan fingerprint density at radius 3 is 2.12 bits per heavy atom. The smallest absolute Gasteiger partial charge is 0.341 e. The van der Waals surface area contributed by atoms with Crippen molar-refractivity contribution in [2.75, 3.05) is 20.1 Å². The number of carbonyl (C=O) groups is 1. The van der Waals surface area contributed by atoms with E-state index in [1.165, 1.54) is 19.2 Å². The van der Waals surface area contributed by atoms with Gasteiger partial charge in [0.1, 0.15) is 5.82 Å². The first kappa shape index (κ1) is 26.0. The molecule has 0 saturated carbocycles. The quantitative estimate of drug-likeness (QED) is 0.504. The van der Waals surface area contributed by atoms with Crippen LogP contribution in [0.3, 0.4) is 0 Å². The zero-order valence-corrected chi connectivity index (χ0v) is 18.4. The zero-order chi connectivity index (χ0) is 25.1. The van der Waals surface area contributed by atoms with Gasteiger partial charge in [-0.3, -0.25) is 4.79 Å². The van der Waals surface area contributed by atoms with Gasteiger partial charge in [0.25, 0.3) is 0 Å². The van der Waals surface area contributed by atoms with E-state index in [-0.39, 0.29) is 29.9 Å². The van der Waals surface area contributed by atoms with Gasteiger partial charge in [-0.2, -0.15) is 26.3 Å². The molecule has 0 spiro atoms. The maximum Gasteiger partial charge on any atom is 0.416 e. The predicted molar refractivity (Wildman–Crippen MR) is 112 cm³/mol. The predicted octanol–water partition coefficient (Wildman–Crippen LogP) is 6.00. The molecule has 1 amide bonds. The van der Waals surface area contributed by atoms with Crippen LogP contribution in [-0.2, 0) is 23.7 Å². The summed E-state index contributed by atoms with van der Waals surface area (Å²) < 4.78 is 92.3. The molecule has 0 bridgehead atoms. The van der Waals surface area contributed by atoms with Crippen molar-refractivity contribution in [1.82, 2.24) is 10.2 Å². The summed E-state index contributed by atoms with van der Waals surface area (Å²) in [4.78, 5) is 14.1. The summed E-state index contributed by atoms with van der Waals surface area (Å²) in [6.45, 7) is 1.09. The fourth-order valence-corrected chi connectivity index (χ4v) is 4.31. The van der Waals surface area contributed by atoms with Crippen LogP contribution in [0.15, 0.2) is 42.5 Å². The summed E-state index contributed by atoms with van der Waals surface area (Å²) in [5.74, 6) is -1.03. The number of halogens is 7. The maximum absolute atomic E-state index is 13.4. The standard InChI is InChI=1S/C24H25F7N2O/c1-33(14-15-9-18(23(26,27)28)11-19(10-15)24(29,30)31)22(34)12-21(17-3-2-8-32-13-17)16-4-6-20(25)7-5-16/h4-7,9-11,17,21,32H,2-3,8,12-14H2,1H3. The third-order valence-electron chi connectivity index (χ3n) is 6.09. The number of amides is 1. The number of benzene rings is 2. The summed E-state index contributed by atoms with van der Waals surface area (Å²) in [7, 11) is 1.34. The lowest BCUT2D eigenvalue weighted by atomic mass is 9.79. The average Bonchev–Trinajstić information content (AvgIpc) is 2.77. The zero-order valence-electron chi connectivity index (χ0n) is 18.4. The SMILES string of the molecule is CN(Cc1cc(C(F)(F)F)cc(C(F)(F)F)c1)C(=O)CC(c1ccc(F)cc1)C1CCCNC1. The first-order valence-electron chi connectivity index (χ1n) is 10.8. The van der Waals surface area contributed by atoms with Crippen LogP contribution in [0.5, 0.6) is 0 Å². The number of piperidine rings is 1. The van der Waals surface area contributed by atoms with Crippen LogP contribution in [0.2, 0.25) is 0 Å². The molecule has 2 atom stereocenters. The van der Waals surface area contributed by atoms with Crippen LogP contribution < -0.4 is 5.32 Å². The molecule has 2 unspecified atom stereocenters. The minimum Gasteiger partial charge on any atom is -0.341 e. The second-order valence-electron chi connectivity index (χ2n) is 8.63. The molecule has 1 aliphatic heterocycles. The Labute approximate surface area is 192 Å². The molecule has 34 heavy (non-hydrogen) atoms. The minimum atomic E-state index is -4.96. The highest BCUT2D eigenvalue weighted by atomic mass is 19.4. The molecule has 1 N–H and O–H groups in total. The van der Waals surface area contributed by atoms with Crippen molar-refractivity contribution in [3.05, 3.63) is 70.5 Å². The maximum atomic E-state index is 13.4. The van der Waals surface area contributed by atoms with Crippen molar-refractivity contribution in [1.29, 1.82) is 0 Å². The van der Waals surface area contributed by atoms with Gasteiger partial charge >= 0.3 is 12.4 Å². The molecular formula is C24H25F7N2O. The first-order valence-corrected chi connectivity index (χ1v) is 10.8. The van der Waals surface area contributed by atoms with Gasteiger partial charge < -0.3 is 10.2 Å². The Kier molecular flexibility index (Phi) is 7.90. The third kappa shape index (κ3) is 6.71. The van der Waals surface area contributed by atoms with Crippen molar-refractivity contribution in [2.45, 2.75) is 44.1 Å². The van der Waals surface area contributed by atoms with Crippen LogP contribution in [0.4, 0.5) is 30.7 Å². The molecule has 3 rings (SSSR count). The molecule has 10 heteroatoms.